The van der Waals surface area contributed by atoms with Crippen LogP contribution < -0.4 is 10.6 Å². The molecule has 2 heterocycles. The maximum atomic E-state index is 11.9. The number of hydrogen-bond donors (Lipinski definition) is 2. The van der Waals surface area contributed by atoms with Gasteiger partial charge in [-0.15, -0.1) is 0 Å². The minimum Gasteiger partial charge on any atom is -0.379 e. The first kappa shape index (κ1) is 15.5. The van der Waals surface area contributed by atoms with Crippen molar-refractivity contribution in [3.05, 3.63) is 42.7 Å². The van der Waals surface area contributed by atoms with Gasteiger partial charge >= 0.3 is 6.03 Å². The predicted molar refractivity (Wildman–Crippen MR) is 88.6 cm³/mol. The molecule has 0 radical (unpaired) electrons. The zero-order chi connectivity index (χ0) is 15.9. The number of hydrogen-bond acceptors (Lipinski definition) is 4. The van der Waals surface area contributed by atoms with E-state index >= 15 is 0 Å². The molecule has 7 heteroatoms. The number of benzene rings is 1. The first-order valence-electron chi connectivity index (χ1n) is 7.75. The van der Waals surface area contributed by atoms with Gasteiger partial charge in [0.15, 0.2) is 0 Å². The van der Waals surface area contributed by atoms with Crippen molar-refractivity contribution in [3.8, 4) is 0 Å². The number of morpholine rings is 1. The van der Waals surface area contributed by atoms with Crippen LogP contribution in [0.25, 0.3) is 0 Å². The Morgan fingerprint density at radius 3 is 2.61 bits per heavy atom. The Morgan fingerprint density at radius 2 is 1.83 bits per heavy atom. The molecule has 0 unspecified atom stereocenters. The molecule has 0 bridgehead atoms. The molecule has 1 aliphatic rings. The molecule has 23 heavy (non-hydrogen) atoms. The minimum absolute atomic E-state index is 0.274. The van der Waals surface area contributed by atoms with Gasteiger partial charge in [-0.25, -0.2) is 4.79 Å². The number of para-hydroxylation sites is 1. The number of nitrogens with one attached hydrogen (secondary N) is 2. The lowest BCUT2D eigenvalue weighted by Gasteiger charge is -2.26. The minimum atomic E-state index is -0.274. The summed E-state index contributed by atoms with van der Waals surface area (Å²) in [6.45, 7) is 5.25. The molecule has 2 aromatic rings. The second kappa shape index (κ2) is 7.75. The van der Waals surface area contributed by atoms with Crippen LogP contribution in [0, 0.1) is 0 Å². The molecule has 7 nitrogen and oxygen atoms in total. The molecular weight excluding hydrogens is 294 g/mol. The number of carbonyl (C=O) groups is 1. The van der Waals surface area contributed by atoms with Crippen molar-refractivity contribution >= 4 is 17.4 Å². The lowest BCUT2D eigenvalue weighted by atomic mass is 10.3. The Kier molecular flexibility index (Phi) is 5.23. The molecule has 0 saturated carbocycles. The van der Waals surface area contributed by atoms with Gasteiger partial charge < -0.3 is 15.4 Å². The van der Waals surface area contributed by atoms with Gasteiger partial charge in [0.25, 0.3) is 0 Å². The van der Waals surface area contributed by atoms with Crippen molar-refractivity contribution in [2.75, 3.05) is 43.5 Å². The first-order chi connectivity index (χ1) is 11.3. The van der Waals surface area contributed by atoms with Crippen LogP contribution >= 0.6 is 0 Å². The highest BCUT2D eigenvalue weighted by molar-refractivity contribution is 5.99. The third-order valence-electron chi connectivity index (χ3n) is 3.67. The summed E-state index contributed by atoms with van der Waals surface area (Å²) < 4.78 is 7.17. The molecule has 122 valence electrons. The number of aromatic nitrogens is 2. The highest BCUT2D eigenvalue weighted by Crippen LogP contribution is 2.09. The summed E-state index contributed by atoms with van der Waals surface area (Å²) in [6, 6.07) is 9.06. The molecule has 3 rings (SSSR count). The van der Waals surface area contributed by atoms with Crippen LogP contribution in [0.15, 0.2) is 42.7 Å². The fraction of sp³-hybridized carbons (Fsp3) is 0.375. The Bertz CT molecular complexity index is 622. The highest BCUT2D eigenvalue weighted by Gasteiger charge is 2.10. The van der Waals surface area contributed by atoms with Crippen LogP contribution in [0.3, 0.4) is 0 Å². The van der Waals surface area contributed by atoms with E-state index in [1.54, 1.807) is 6.20 Å². The summed E-state index contributed by atoms with van der Waals surface area (Å²) in [5.41, 5.74) is 1.44. The van der Waals surface area contributed by atoms with Gasteiger partial charge in [0, 0.05) is 31.5 Å². The van der Waals surface area contributed by atoms with Gasteiger partial charge in [-0.3, -0.25) is 9.58 Å². The molecule has 1 saturated heterocycles. The molecule has 2 N–H and O–H groups in total. The number of urea groups is 1. The van der Waals surface area contributed by atoms with Crippen molar-refractivity contribution in [3.63, 3.8) is 0 Å². The Labute approximate surface area is 135 Å². The monoisotopic (exact) mass is 315 g/mol. The van der Waals surface area contributed by atoms with Crippen molar-refractivity contribution < 1.29 is 9.53 Å². The third kappa shape index (κ3) is 4.80. The zero-order valence-corrected chi connectivity index (χ0v) is 12.9. The summed E-state index contributed by atoms with van der Waals surface area (Å²) in [5.74, 6) is 0. The quantitative estimate of drug-likeness (QED) is 0.883. The topological polar surface area (TPSA) is 71.4 Å². The van der Waals surface area contributed by atoms with Gasteiger partial charge in [-0.05, 0) is 12.1 Å². The molecule has 0 atom stereocenters. The van der Waals surface area contributed by atoms with Crippen molar-refractivity contribution in [2.45, 2.75) is 6.54 Å². The van der Waals surface area contributed by atoms with E-state index in [1.807, 2.05) is 41.2 Å². The molecule has 1 aliphatic heterocycles. The van der Waals surface area contributed by atoms with E-state index in [4.69, 9.17) is 4.74 Å². The van der Waals surface area contributed by atoms with Crippen LogP contribution in [0.4, 0.5) is 16.2 Å². The van der Waals surface area contributed by atoms with Gasteiger partial charge in [-0.1, -0.05) is 18.2 Å². The number of amides is 2. The number of carbonyl (C=O) groups excluding carboxylic acids is 1. The maximum Gasteiger partial charge on any atom is 0.323 e. The fourth-order valence-electron chi connectivity index (χ4n) is 2.43. The molecule has 0 spiro atoms. The molecule has 0 aliphatic carbocycles. The molecule has 1 aromatic heterocycles. The Hall–Kier alpha value is -2.38. The number of anilines is 2. The summed E-state index contributed by atoms with van der Waals surface area (Å²) >= 11 is 0. The van der Waals surface area contributed by atoms with Crippen LogP contribution in [0.1, 0.15) is 0 Å². The van der Waals surface area contributed by atoms with Gasteiger partial charge in [0.2, 0.25) is 0 Å². The maximum absolute atomic E-state index is 11.9. The zero-order valence-electron chi connectivity index (χ0n) is 12.9. The Balaban J connectivity index is 1.46. The summed E-state index contributed by atoms with van der Waals surface area (Å²) in [6.07, 6.45) is 3.49. The second-order valence-corrected chi connectivity index (χ2v) is 5.39. The SMILES string of the molecule is O=C(Nc1ccccc1)Nc1cnn(CCN2CCOCC2)c1. The lowest BCUT2D eigenvalue weighted by molar-refractivity contribution is 0.0360. The first-order valence-corrected chi connectivity index (χ1v) is 7.75. The van der Waals surface area contributed by atoms with E-state index in [0.29, 0.717) is 5.69 Å². The van der Waals surface area contributed by atoms with E-state index in [2.05, 4.69) is 20.6 Å². The van der Waals surface area contributed by atoms with E-state index < -0.39 is 0 Å². The third-order valence-corrected chi connectivity index (χ3v) is 3.67. The summed E-state index contributed by atoms with van der Waals surface area (Å²) in [7, 11) is 0. The smallest absolute Gasteiger partial charge is 0.323 e. The summed E-state index contributed by atoms with van der Waals surface area (Å²) in [4.78, 5) is 14.3. The van der Waals surface area contributed by atoms with Crippen LogP contribution in [-0.4, -0.2) is 53.6 Å². The normalized spacial score (nSPS) is 15.3. The fourth-order valence-corrected chi connectivity index (χ4v) is 2.43. The van der Waals surface area contributed by atoms with Gasteiger partial charge in [0.1, 0.15) is 0 Å². The predicted octanol–water partition coefficient (Wildman–Crippen LogP) is 1.86. The van der Waals surface area contributed by atoms with Crippen molar-refractivity contribution in [1.29, 1.82) is 0 Å². The van der Waals surface area contributed by atoms with E-state index in [9.17, 15) is 4.79 Å². The van der Waals surface area contributed by atoms with Crippen LogP contribution in [-0.2, 0) is 11.3 Å². The molecule has 2 amide bonds. The van der Waals surface area contributed by atoms with E-state index in [1.165, 1.54) is 0 Å². The van der Waals surface area contributed by atoms with Crippen molar-refractivity contribution in [2.24, 2.45) is 0 Å². The van der Waals surface area contributed by atoms with Crippen LogP contribution in [0.5, 0.6) is 0 Å². The second-order valence-electron chi connectivity index (χ2n) is 5.39. The number of nitrogens with zero attached hydrogens (tertiary/aromatic N) is 3. The van der Waals surface area contributed by atoms with Gasteiger partial charge in [-0.2, -0.15) is 5.10 Å². The van der Waals surface area contributed by atoms with Crippen molar-refractivity contribution in [1.82, 2.24) is 14.7 Å². The highest BCUT2D eigenvalue weighted by atomic mass is 16.5. The number of rotatable bonds is 5. The standard InChI is InChI=1S/C16H21N5O2/c22-16(18-14-4-2-1-3-5-14)19-15-12-17-21(13-15)7-6-20-8-10-23-11-9-20/h1-5,12-13H,6-11H2,(H2,18,19,22). The summed E-state index contributed by atoms with van der Waals surface area (Å²) in [5, 5.41) is 9.83. The average Bonchev–Trinajstić information content (AvgIpc) is 3.02. The van der Waals surface area contributed by atoms with E-state index in [0.717, 1.165) is 45.1 Å². The average molecular weight is 315 g/mol. The Morgan fingerprint density at radius 1 is 1.09 bits per heavy atom. The molecule has 1 fully saturated rings. The molecular formula is C16H21N5O2. The van der Waals surface area contributed by atoms with Crippen LogP contribution in [0.2, 0.25) is 0 Å². The lowest BCUT2D eigenvalue weighted by Crippen LogP contribution is -2.38. The number of ether oxygens (including phenoxy) is 1. The van der Waals surface area contributed by atoms with E-state index in [-0.39, 0.29) is 6.03 Å². The van der Waals surface area contributed by atoms with Gasteiger partial charge in [0.05, 0.1) is 31.6 Å². The largest absolute Gasteiger partial charge is 0.379 e. The molecule has 1 aromatic carbocycles.